The van der Waals surface area contributed by atoms with Crippen molar-refractivity contribution in [2.45, 2.75) is 25.7 Å². The number of carbonyl (C=O) groups is 5. The molecule has 0 aromatic heterocycles. The molecule has 18 nitrogen and oxygen atoms in total. The van der Waals surface area contributed by atoms with Crippen molar-refractivity contribution >= 4 is 29.5 Å². The van der Waals surface area contributed by atoms with Crippen LogP contribution >= 0.6 is 0 Å². The number of nitrogens with one attached hydrogen (secondary N) is 2. The summed E-state index contributed by atoms with van der Waals surface area (Å²) in [7, 11) is 0. The first-order valence-electron chi connectivity index (χ1n) is 17.9. The van der Waals surface area contributed by atoms with Crippen LogP contribution in [-0.2, 0) is 66.6 Å². The number of hydrogen-bond donors (Lipinski definition) is 3. The molecule has 0 unspecified atom stereocenters. The molecule has 0 atom stereocenters. The Balaban J connectivity index is 1.20. The minimum absolute atomic E-state index is 0.0267. The second-order valence-corrected chi connectivity index (χ2v) is 11.8. The lowest BCUT2D eigenvalue weighted by Gasteiger charge is -2.30. The number of nitrogens with zero attached hydrogens (tertiary/aromatic N) is 1. The van der Waals surface area contributed by atoms with Crippen LogP contribution in [0.2, 0.25) is 0 Å². The summed E-state index contributed by atoms with van der Waals surface area (Å²) in [6.45, 7) is 7.61. The van der Waals surface area contributed by atoms with Crippen LogP contribution in [0.25, 0.3) is 0 Å². The Bertz CT molecular complexity index is 1020. The number of rotatable bonds is 34. The van der Waals surface area contributed by atoms with Gasteiger partial charge in [-0.15, -0.1) is 0 Å². The van der Waals surface area contributed by atoms with E-state index in [9.17, 15) is 24.0 Å². The van der Waals surface area contributed by atoms with Gasteiger partial charge in [-0.05, 0) is 31.6 Å². The molecule has 2 aliphatic rings. The Morgan fingerprint density at radius 1 is 0.577 bits per heavy atom. The van der Waals surface area contributed by atoms with E-state index in [1.807, 2.05) is 0 Å². The molecular formula is C34H58N4O14. The predicted octanol–water partition coefficient (Wildman–Crippen LogP) is -1.42. The summed E-state index contributed by atoms with van der Waals surface area (Å²) in [5, 5.41) is 5.24. The summed E-state index contributed by atoms with van der Waals surface area (Å²) in [6.07, 6.45) is 5.75. The SMILES string of the molecule is NC(=O)CNC(=O)COCCOCCOCCOCCOCCOCCOCCOCCOCCNC(=O)C1CCC(CN2C(=O)C=CC2=O)CC1. The Labute approximate surface area is 305 Å². The lowest BCUT2D eigenvalue weighted by Crippen LogP contribution is -2.39. The first-order valence-corrected chi connectivity index (χ1v) is 17.9. The van der Waals surface area contributed by atoms with Gasteiger partial charge in [0.25, 0.3) is 11.8 Å². The molecule has 4 N–H and O–H groups in total. The van der Waals surface area contributed by atoms with Crippen LogP contribution in [0.1, 0.15) is 25.7 Å². The number of primary amides is 1. The van der Waals surface area contributed by atoms with E-state index in [0.717, 1.165) is 25.7 Å². The average molecular weight is 747 g/mol. The fourth-order valence-electron chi connectivity index (χ4n) is 5.03. The van der Waals surface area contributed by atoms with Crippen molar-refractivity contribution in [1.82, 2.24) is 15.5 Å². The lowest BCUT2D eigenvalue weighted by atomic mass is 9.81. The van der Waals surface area contributed by atoms with Gasteiger partial charge in [0.1, 0.15) is 6.61 Å². The molecule has 0 bridgehead atoms. The third-order valence-electron chi connectivity index (χ3n) is 7.77. The summed E-state index contributed by atoms with van der Waals surface area (Å²) < 4.78 is 48.7. The van der Waals surface area contributed by atoms with Crippen LogP contribution in [0.15, 0.2) is 12.2 Å². The zero-order valence-electron chi connectivity index (χ0n) is 30.2. The molecule has 1 fully saturated rings. The molecule has 298 valence electrons. The molecule has 0 radical (unpaired) electrons. The Morgan fingerprint density at radius 2 is 0.962 bits per heavy atom. The molecule has 18 heteroatoms. The fraction of sp³-hybridized carbons (Fsp3) is 0.794. The number of nitrogens with two attached hydrogens (primary N) is 1. The Morgan fingerprint density at radius 3 is 1.37 bits per heavy atom. The van der Waals surface area contributed by atoms with Gasteiger partial charge in [-0.3, -0.25) is 28.9 Å². The number of amides is 5. The van der Waals surface area contributed by atoms with Crippen LogP contribution in [0.4, 0.5) is 0 Å². The van der Waals surface area contributed by atoms with Crippen molar-refractivity contribution in [3.05, 3.63) is 12.2 Å². The summed E-state index contributed by atoms with van der Waals surface area (Å²) in [5.41, 5.74) is 4.93. The first kappa shape index (κ1) is 45.1. The van der Waals surface area contributed by atoms with Crippen LogP contribution in [0.3, 0.4) is 0 Å². The lowest BCUT2D eigenvalue weighted by molar-refractivity contribution is -0.138. The summed E-state index contributed by atoms with van der Waals surface area (Å²) in [5.74, 6) is -1.31. The van der Waals surface area contributed by atoms with Gasteiger partial charge in [0.15, 0.2) is 0 Å². The molecule has 5 amide bonds. The van der Waals surface area contributed by atoms with E-state index in [2.05, 4.69) is 10.6 Å². The zero-order chi connectivity index (χ0) is 37.5. The van der Waals surface area contributed by atoms with Gasteiger partial charge in [-0.2, -0.15) is 0 Å². The van der Waals surface area contributed by atoms with E-state index in [1.54, 1.807) is 0 Å². The molecule has 2 rings (SSSR count). The molecule has 1 aliphatic heterocycles. The smallest absolute Gasteiger partial charge is 0.253 e. The highest BCUT2D eigenvalue weighted by molar-refractivity contribution is 6.12. The van der Waals surface area contributed by atoms with Gasteiger partial charge in [-0.1, -0.05) is 0 Å². The molecule has 0 aromatic rings. The molecule has 0 saturated heterocycles. The summed E-state index contributed by atoms with van der Waals surface area (Å²) in [6, 6.07) is 0. The predicted molar refractivity (Wildman–Crippen MR) is 184 cm³/mol. The van der Waals surface area contributed by atoms with Gasteiger partial charge < -0.3 is 59.0 Å². The second kappa shape index (κ2) is 30.4. The van der Waals surface area contributed by atoms with Crippen molar-refractivity contribution < 1.29 is 66.6 Å². The Kier molecular flexibility index (Phi) is 26.4. The van der Waals surface area contributed by atoms with Gasteiger partial charge in [0, 0.05) is 31.2 Å². The molecule has 1 heterocycles. The highest BCUT2D eigenvalue weighted by Crippen LogP contribution is 2.30. The fourth-order valence-corrected chi connectivity index (χ4v) is 5.03. The number of carbonyl (C=O) groups excluding carboxylic acids is 5. The first-order chi connectivity index (χ1) is 25.4. The van der Waals surface area contributed by atoms with E-state index in [1.165, 1.54) is 17.1 Å². The molecule has 1 saturated carbocycles. The minimum atomic E-state index is -0.615. The van der Waals surface area contributed by atoms with Gasteiger partial charge in [0.2, 0.25) is 17.7 Å². The third-order valence-corrected chi connectivity index (χ3v) is 7.77. The molecule has 0 spiro atoms. The van der Waals surface area contributed by atoms with Crippen molar-refractivity contribution in [3.63, 3.8) is 0 Å². The van der Waals surface area contributed by atoms with Crippen LogP contribution < -0.4 is 16.4 Å². The average Bonchev–Trinajstić information content (AvgIpc) is 3.45. The van der Waals surface area contributed by atoms with Crippen molar-refractivity contribution in [2.24, 2.45) is 17.6 Å². The Hall–Kier alpha value is -3.07. The van der Waals surface area contributed by atoms with Crippen LogP contribution in [0.5, 0.6) is 0 Å². The molecule has 0 aromatic carbocycles. The third kappa shape index (κ3) is 23.5. The topological polar surface area (TPSA) is 222 Å². The molecule has 1 aliphatic carbocycles. The van der Waals surface area contributed by atoms with Crippen molar-refractivity contribution in [1.29, 1.82) is 0 Å². The number of imide groups is 1. The minimum Gasteiger partial charge on any atom is -0.377 e. The normalized spacial score (nSPS) is 17.2. The van der Waals surface area contributed by atoms with Crippen LogP contribution in [-0.4, -0.2) is 173 Å². The maximum atomic E-state index is 12.5. The zero-order valence-corrected chi connectivity index (χ0v) is 30.2. The molecular weight excluding hydrogens is 688 g/mol. The summed E-state index contributed by atoms with van der Waals surface area (Å²) in [4.78, 5) is 59.1. The number of hydrogen-bond acceptors (Lipinski definition) is 14. The van der Waals surface area contributed by atoms with E-state index >= 15 is 0 Å². The van der Waals surface area contributed by atoms with Gasteiger partial charge in [0.05, 0.1) is 119 Å². The maximum Gasteiger partial charge on any atom is 0.253 e. The van der Waals surface area contributed by atoms with E-state index in [4.69, 9.17) is 48.4 Å². The quantitative estimate of drug-likeness (QED) is 0.0509. The van der Waals surface area contributed by atoms with E-state index in [0.29, 0.717) is 119 Å². The van der Waals surface area contributed by atoms with E-state index < -0.39 is 11.8 Å². The summed E-state index contributed by atoms with van der Waals surface area (Å²) >= 11 is 0. The van der Waals surface area contributed by atoms with Crippen molar-refractivity contribution in [3.8, 4) is 0 Å². The highest BCUT2D eigenvalue weighted by atomic mass is 16.6. The van der Waals surface area contributed by atoms with Gasteiger partial charge in [-0.25, -0.2) is 0 Å². The number of ether oxygens (including phenoxy) is 9. The van der Waals surface area contributed by atoms with Gasteiger partial charge >= 0.3 is 0 Å². The monoisotopic (exact) mass is 746 g/mol. The standard InChI is InChI=1S/C34H58N4O14/c35-30(39)25-37-31(40)27-52-24-23-51-22-21-50-20-19-49-18-17-48-16-15-47-14-13-46-12-11-45-10-9-44-8-7-36-34(43)29-3-1-28(2-4-29)26-38-32(41)5-6-33(38)42/h5-6,28-29H,1-4,7-27H2,(H2,35,39)(H,36,43)(H,37,40). The maximum absolute atomic E-state index is 12.5. The second-order valence-electron chi connectivity index (χ2n) is 11.8. The largest absolute Gasteiger partial charge is 0.377 e. The van der Waals surface area contributed by atoms with Crippen molar-refractivity contribution in [2.75, 3.05) is 139 Å². The molecule has 52 heavy (non-hydrogen) atoms. The van der Waals surface area contributed by atoms with E-state index in [-0.39, 0.29) is 49.3 Å². The van der Waals surface area contributed by atoms with Crippen LogP contribution in [0, 0.1) is 11.8 Å². The highest BCUT2D eigenvalue weighted by Gasteiger charge is 2.31.